The Hall–Kier alpha value is -2.69. The highest BCUT2D eigenvalue weighted by molar-refractivity contribution is 6.44. The van der Waals surface area contributed by atoms with Gasteiger partial charge in [0.05, 0.1) is 12.6 Å². The third kappa shape index (κ3) is 6.05. The van der Waals surface area contributed by atoms with Crippen molar-refractivity contribution in [1.29, 1.82) is 0 Å². The van der Waals surface area contributed by atoms with Crippen molar-refractivity contribution in [2.45, 2.75) is 78.0 Å². The van der Waals surface area contributed by atoms with Crippen LogP contribution in [0.5, 0.6) is 0 Å². The molecule has 3 fully saturated rings. The number of nitrogens with one attached hydrogen (secondary N) is 1. The van der Waals surface area contributed by atoms with Gasteiger partial charge in [0.2, 0.25) is 5.91 Å². The minimum Gasteiger partial charge on any atom is -0.444 e. The Balaban J connectivity index is 1.53. The Morgan fingerprint density at radius 2 is 1.71 bits per heavy atom. The van der Waals surface area contributed by atoms with Crippen LogP contribution in [-0.2, 0) is 19.1 Å². The maximum Gasteiger partial charge on any atom is 0.410 e. The molecule has 1 N–H and O–H groups in total. The van der Waals surface area contributed by atoms with Gasteiger partial charge in [0.1, 0.15) is 5.60 Å². The van der Waals surface area contributed by atoms with Crippen LogP contribution in [0.15, 0.2) is 0 Å². The quantitative estimate of drug-likeness (QED) is 0.467. The molecule has 0 bridgehead atoms. The second kappa shape index (κ2) is 10.3. The second-order valence-electron chi connectivity index (χ2n) is 10.6. The number of imide groups is 2. The number of hydrogen-bond donors (Lipinski definition) is 1. The summed E-state index contributed by atoms with van der Waals surface area (Å²) in [6.45, 7) is 10.9. The lowest BCUT2D eigenvalue weighted by Gasteiger charge is -2.37. The van der Waals surface area contributed by atoms with Crippen LogP contribution in [0.3, 0.4) is 0 Å². The zero-order chi connectivity index (χ0) is 25.2. The second-order valence-corrected chi connectivity index (χ2v) is 10.6. The molecule has 11 heteroatoms. The largest absolute Gasteiger partial charge is 0.444 e. The topological polar surface area (TPSA) is 120 Å². The third-order valence-corrected chi connectivity index (χ3v) is 6.24. The van der Waals surface area contributed by atoms with E-state index in [-0.39, 0.29) is 24.5 Å². The first-order valence-corrected chi connectivity index (χ1v) is 12.1. The molecule has 3 rings (SSSR count). The molecule has 0 aromatic heterocycles. The van der Waals surface area contributed by atoms with E-state index in [1.807, 2.05) is 25.7 Å². The minimum absolute atomic E-state index is 0.0227. The van der Waals surface area contributed by atoms with Crippen LogP contribution in [0.2, 0.25) is 0 Å². The van der Waals surface area contributed by atoms with Gasteiger partial charge < -0.3 is 15.0 Å². The maximum absolute atomic E-state index is 13.0. The van der Waals surface area contributed by atoms with E-state index in [1.165, 1.54) is 0 Å². The normalized spacial score (nSPS) is 24.8. The van der Waals surface area contributed by atoms with Crippen molar-refractivity contribution in [3.8, 4) is 0 Å². The van der Waals surface area contributed by atoms with E-state index in [0.717, 1.165) is 29.1 Å². The molecule has 11 nitrogen and oxygen atoms in total. The van der Waals surface area contributed by atoms with Gasteiger partial charge in [-0.3, -0.25) is 24.2 Å². The highest BCUT2D eigenvalue weighted by atomic mass is 16.6. The SMILES string of the molecule is CC(C)N1C(=O)C(=O)N(CN2CCCC(NC(=O)C3CCCN(C(=O)OC(C)(C)C)C3)C2)C1=O. The standard InChI is InChI=1S/C23H37N5O6/c1-15(2)28-20(31)19(30)27(21(28)32)14-25-10-7-9-17(13-25)24-18(29)16-8-6-11-26(12-16)22(33)34-23(3,4)5/h15-17H,6-14H2,1-5H3,(H,24,29). The van der Waals surface area contributed by atoms with E-state index in [9.17, 15) is 24.0 Å². The summed E-state index contributed by atoms with van der Waals surface area (Å²) in [7, 11) is 0. The van der Waals surface area contributed by atoms with E-state index in [2.05, 4.69) is 5.32 Å². The highest BCUT2D eigenvalue weighted by Crippen LogP contribution is 2.21. The van der Waals surface area contributed by atoms with Crippen molar-refractivity contribution in [3.05, 3.63) is 0 Å². The van der Waals surface area contributed by atoms with Crippen LogP contribution in [0.4, 0.5) is 9.59 Å². The third-order valence-electron chi connectivity index (χ3n) is 6.24. The van der Waals surface area contributed by atoms with Crippen molar-refractivity contribution < 1.29 is 28.7 Å². The van der Waals surface area contributed by atoms with Crippen LogP contribution in [0, 0.1) is 5.92 Å². The Kier molecular flexibility index (Phi) is 7.84. The Labute approximate surface area is 200 Å². The number of urea groups is 1. The molecule has 3 aliphatic rings. The fourth-order valence-corrected chi connectivity index (χ4v) is 4.61. The minimum atomic E-state index is -0.811. The molecular formula is C23H37N5O6. The molecule has 3 heterocycles. The van der Waals surface area contributed by atoms with Gasteiger partial charge in [0, 0.05) is 31.7 Å². The van der Waals surface area contributed by atoms with Crippen LogP contribution in [0.1, 0.15) is 60.3 Å². The molecule has 190 valence electrons. The number of amides is 6. The number of hydrogen-bond acceptors (Lipinski definition) is 7. The van der Waals surface area contributed by atoms with E-state index in [0.29, 0.717) is 32.6 Å². The summed E-state index contributed by atoms with van der Waals surface area (Å²) in [4.78, 5) is 67.8. The lowest BCUT2D eigenvalue weighted by Crippen LogP contribution is -2.54. The van der Waals surface area contributed by atoms with Gasteiger partial charge in [-0.1, -0.05) is 0 Å². The summed E-state index contributed by atoms with van der Waals surface area (Å²) in [5, 5.41) is 3.08. The summed E-state index contributed by atoms with van der Waals surface area (Å²) in [6.07, 6.45) is 2.60. The molecule has 0 aromatic carbocycles. The lowest BCUT2D eigenvalue weighted by atomic mass is 9.96. The van der Waals surface area contributed by atoms with Gasteiger partial charge in [0.25, 0.3) is 0 Å². The van der Waals surface area contributed by atoms with E-state index in [4.69, 9.17) is 4.74 Å². The van der Waals surface area contributed by atoms with Crippen molar-refractivity contribution >= 4 is 29.8 Å². The highest BCUT2D eigenvalue weighted by Gasteiger charge is 2.46. The number of likely N-dealkylation sites (tertiary alicyclic amines) is 2. The zero-order valence-corrected chi connectivity index (χ0v) is 20.8. The molecule has 0 aliphatic carbocycles. The molecule has 0 aromatic rings. The molecule has 6 amide bonds. The zero-order valence-electron chi connectivity index (χ0n) is 20.8. The van der Waals surface area contributed by atoms with Crippen LogP contribution >= 0.6 is 0 Å². The van der Waals surface area contributed by atoms with E-state index < -0.39 is 35.6 Å². The lowest BCUT2D eigenvalue weighted by molar-refractivity contribution is -0.144. The summed E-state index contributed by atoms with van der Waals surface area (Å²) in [5.74, 6) is -2.02. The predicted molar refractivity (Wildman–Crippen MR) is 122 cm³/mol. The number of rotatable bonds is 5. The molecule has 0 saturated carbocycles. The molecule has 3 aliphatic heterocycles. The molecule has 2 atom stereocenters. The Morgan fingerprint density at radius 1 is 1.03 bits per heavy atom. The monoisotopic (exact) mass is 479 g/mol. The average molecular weight is 480 g/mol. The van der Waals surface area contributed by atoms with Gasteiger partial charge in [-0.05, 0) is 66.8 Å². The van der Waals surface area contributed by atoms with Gasteiger partial charge >= 0.3 is 23.9 Å². The fraction of sp³-hybridized carbons (Fsp3) is 0.783. The van der Waals surface area contributed by atoms with Gasteiger partial charge in [-0.25, -0.2) is 14.5 Å². The van der Waals surface area contributed by atoms with E-state index in [1.54, 1.807) is 18.7 Å². The number of carbonyl (C=O) groups is 5. The Bertz CT molecular complexity index is 838. The molecule has 3 saturated heterocycles. The molecule has 0 radical (unpaired) electrons. The first-order valence-electron chi connectivity index (χ1n) is 12.1. The first kappa shape index (κ1) is 25.9. The number of nitrogens with zero attached hydrogens (tertiary/aromatic N) is 4. The van der Waals surface area contributed by atoms with Crippen LogP contribution in [-0.4, -0.2) is 100.0 Å². The maximum atomic E-state index is 13.0. The van der Waals surface area contributed by atoms with Gasteiger partial charge in [-0.15, -0.1) is 0 Å². The van der Waals surface area contributed by atoms with Crippen molar-refractivity contribution in [2.24, 2.45) is 5.92 Å². The summed E-state index contributed by atoms with van der Waals surface area (Å²) >= 11 is 0. The molecular weight excluding hydrogens is 442 g/mol. The van der Waals surface area contributed by atoms with Gasteiger partial charge in [-0.2, -0.15) is 0 Å². The van der Waals surface area contributed by atoms with Crippen LogP contribution < -0.4 is 5.32 Å². The Morgan fingerprint density at radius 3 is 2.32 bits per heavy atom. The van der Waals surface area contributed by atoms with Crippen molar-refractivity contribution in [1.82, 2.24) is 24.9 Å². The molecule has 34 heavy (non-hydrogen) atoms. The number of piperidine rings is 2. The van der Waals surface area contributed by atoms with E-state index >= 15 is 0 Å². The number of carbonyl (C=O) groups excluding carboxylic acids is 5. The summed E-state index contributed by atoms with van der Waals surface area (Å²) in [5.41, 5.74) is -0.591. The summed E-state index contributed by atoms with van der Waals surface area (Å²) in [6, 6.07) is -1.12. The van der Waals surface area contributed by atoms with Crippen molar-refractivity contribution in [3.63, 3.8) is 0 Å². The average Bonchev–Trinajstić information content (AvgIpc) is 2.96. The fourth-order valence-electron chi connectivity index (χ4n) is 4.61. The predicted octanol–water partition coefficient (Wildman–Crippen LogP) is 1.37. The van der Waals surface area contributed by atoms with Crippen molar-refractivity contribution in [2.75, 3.05) is 32.8 Å². The first-order chi connectivity index (χ1) is 15.9. The van der Waals surface area contributed by atoms with Crippen LogP contribution in [0.25, 0.3) is 0 Å². The van der Waals surface area contributed by atoms with Gasteiger partial charge in [0.15, 0.2) is 0 Å². The molecule has 2 unspecified atom stereocenters. The molecule has 0 spiro atoms. The summed E-state index contributed by atoms with van der Waals surface area (Å²) < 4.78 is 5.44. The smallest absolute Gasteiger partial charge is 0.410 e. The number of ether oxygens (including phenoxy) is 1.